The number of hydrogen-bond acceptors (Lipinski definition) is 6. The fourth-order valence-electron chi connectivity index (χ4n) is 3.13. The molecule has 1 aliphatic rings. The van der Waals surface area contributed by atoms with E-state index in [0.717, 1.165) is 26.4 Å². The molecule has 0 saturated carbocycles. The number of nitrogens with zero attached hydrogens (tertiary/aromatic N) is 2. The number of para-hydroxylation sites is 1. The minimum Gasteiger partial charge on any atom is -0.504 e. The number of aromatic nitrogens is 1. The van der Waals surface area contributed by atoms with Crippen molar-refractivity contribution in [1.82, 2.24) is 9.88 Å². The van der Waals surface area contributed by atoms with Crippen molar-refractivity contribution in [2.75, 3.05) is 13.2 Å². The molecule has 7 heteroatoms. The third-order valence-corrected chi connectivity index (χ3v) is 5.68. The SMILES string of the molecule is CC(C(=O)O)N1CCOc2c(O)cc(-c3nc4ccccc4s3)cc2C1. The van der Waals surface area contributed by atoms with Crippen LogP contribution in [0.2, 0.25) is 0 Å². The number of phenolic OH excluding ortho intramolecular Hbond substituents is 1. The van der Waals surface area contributed by atoms with Gasteiger partial charge in [-0.15, -0.1) is 11.3 Å². The zero-order valence-electron chi connectivity index (χ0n) is 14.2. The predicted octanol–water partition coefficient (Wildman–Crippen LogP) is 3.34. The molecule has 0 spiro atoms. The molecule has 1 aliphatic heterocycles. The van der Waals surface area contributed by atoms with Gasteiger partial charge in [0.2, 0.25) is 0 Å². The summed E-state index contributed by atoms with van der Waals surface area (Å²) in [4.78, 5) is 17.8. The van der Waals surface area contributed by atoms with Crippen LogP contribution in [0.1, 0.15) is 12.5 Å². The number of ether oxygens (including phenoxy) is 1. The number of aliphatic carboxylic acids is 1. The Labute approximate surface area is 154 Å². The summed E-state index contributed by atoms with van der Waals surface area (Å²) in [5.41, 5.74) is 2.49. The number of carbonyl (C=O) groups is 1. The third-order valence-electron chi connectivity index (χ3n) is 4.59. The van der Waals surface area contributed by atoms with Crippen LogP contribution in [0, 0.1) is 0 Å². The first-order chi connectivity index (χ1) is 12.5. The van der Waals surface area contributed by atoms with Crippen LogP contribution in [0.4, 0.5) is 0 Å². The van der Waals surface area contributed by atoms with Gasteiger partial charge in [-0.3, -0.25) is 9.69 Å². The minimum absolute atomic E-state index is 0.0570. The fraction of sp³-hybridized carbons (Fsp3) is 0.263. The maximum absolute atomic E-state index is 11.3. The summed E-state index contributed by atoms with van der Waals surface area (Å²) in [6.45, 7) is 2.87. The van der Waals surface area contributed by atoms with Crippen LogP contribution in [0.3, 0.4) is 0 Å². The molecule has 26 heavy (non-hydrogen) atoms. The van der Waals surface area contributed by atoms with Gasteiger partial charge in [-0.25, -0.2) is 4.98 Å². The number of carboxylic acid groups (broad SMARTS) is 1. The number of fused-ring (bicyclic) bond motifs is 2. The van der Waals surface area contributed by atoms with Gasteiger partial charge in [-0.1, -0.05) is 12.1 Å². The lowest BCUT2D eigenvalue weighted by molar-refractivity contribution is -0.142. The first-order valence-electron chi connectivity index (χ1n) is 8.34. The largest absolute Gasteiger partial charge is 0.504 e. The standard InChI is InChI=1S/C19H18N2O4S/c1-11(19(23)24)21-6-7-25-17-13(10-21)8-12(9-15(17)22)18-20-14-4-2-3-5-16(14)26-18/h2-5,8-9,11,22H,6-7,10H2,1H3,(H,23,24). The van der Waals surface area contributed by atoms with Gasteiger partial charge in [-0.05, 0) is 31.2 Å². The van der Waals surface area contributed by atoms with Crippen molar-refractivity contribution in [3.05, 3.63) is 42.0 Å². The minimum atomic E-state index is -0.875. The highest BCUT2D eigenvalue weighted by molar-refractivity contribution is 7.21. The molecule has 1 unspecified atom stereocenters. The molecule has 6 nitrogen and oxygen atoms in total. The van der Waals surface area contributed by atoms with Crippen molar-refractivity contribution in [2.45, 2.75) is 19.5 Å². The summed E-state index contributed by atoms with van der Waals surface area (Å²) < 4.78 is 6.77. The summed E-state index contributed by atoms with van der Waals surface area (Å²) in [6.07, 6.45) is 0. The van der Waals surface area contributed by atoms with Crippen LogP contribution in [-0.4, -0.2) is 45.3 Å². The van der Waals surface area contributed by atoms with Gasteiger partial charge in [0.05, 0.1) is 10.2 Å². The Morgan fingerprint density at radius 1 is 1.35 bits per heavy atom. The maximum Gasteiger partial charge on any atom is 0.320 e. The van der Waals surface area contributed by atoms with Gasteiger partial charge in [0.1, 0.15) is 17.7 Å². The predicted molar refractivity (Wildman–Crippen MR) is 99.7 cm³/mol. The van der Waals surface area contributed by atoms with Gasteiger partial charge >= 0.3 is 5.97 Å². The van der Waals surface area contributed by atoms with Crippen molar-refractivity contribution in [2.24, 2.45) is 0 Å². The molecule has 3 aromatic rings. The van der Waals surface area contributed by atoms with Crippen molar-refractivity contribution >= 4 is 27.5 Å². The molecule has 0 radical (unpaired) electrons. The van der Waals surface area contributed by atoms with E-state index in [4.69, 9.17) is 4.74 Å². The van der Waals surface area contributed by atoms with Gasteiger partial charge < -0.3 is 14.9 Å². The monoisotopic (exact) mass is 370 g/mol. The highest BCUT2D eigenvalue weighted by Gasteiger charge is 2.26. The molecule has 1 atom stereocenters. The van der Waals surface area contributed by atoms with Crippen molar-refractivity contribution < 1.29 is 19.7 Å². The van der Waals surface area contributed by atoms with E-state index in [9.17, 15) is 15.0 Å². The van der Waals surface area contributed by atoms with Crippen molar-refractivity contribution in [3.63, 3.8) is 0 Å². The highest BCUT2D eigenvalue weighted by atomic mass is 32.1. The summed E-state index contributed by atoms with van der Waals surface area (Å²) in [6, 6.07) is 10.8. The highest BCUT2D eigenvalue weighted by Crippen LogP contribution is 2.39. The van der Waals surface area contributed by atoms with E-state index < -0.39 is 12.0 Å². The molecule has 2 aromatic carbocycles. The molecule has 0 bridgehead atoms. The third kappa shape index (κ3) is 3.00. The van der Waals surface area contributed by atoms with Crippen LogP contribution in [0.5, 0.6) is 11.5 Å². The van der Waals surface area contributed by atoms with Crippen LogP contribution in [0.25, 0.3) is 20.8 Å². The van der Waals surface area contributed by atoms with Crippen LogP contribution in [0.15, 0.2) is 36.4 Å². The Hall–Kier alpha value is -2.64. The average Bonchev–Trinajstić information content (AvgIpc) is 2.94. The summed E-state index contributed by atoms with van der Waals surface area (Å²) in [5.74, 6) is -0.392. The van der Waals surface area contributed by atoms with E-state index in [0.29, 0.717) is 25.4 Å². The lowest BCUT2D eigenvalue weighted by Gasteiger charge is -2.23. The van der Waals surface area contributed by atoms with Crippen molar-refractivity contribution in [1.29, 1.82) is 0 Å². The normalized spacial score (nSPS) is 15.9. The molecule has 4 rings (SSSR count). The molecule has 2 heterocycles. The van der Waals surface area contributed by atoms with Crippen molar-refractivity contribution in [3.8, 4) is 22.1 Å². The first kappa shape index (κ1) is 16.8. The molecule has 0 aliphatic carbocycles. The smallest absolute Gasteiger partial charge is 0.320 e. The van der Waals surface area contributed by atoms with Gasteiger partial charge in [0.25, 0.3) is 0 Å². The Morgan fingerprint density at radius 2 is 2.15 bits per heavy atom. The lowest BCUT2D eigenvalue weighted by atomic mass is 10.1. The summed E-state index contributed by atoms with van der Waals surface area (Å²) in [5, 5.41) is 20.6. The maximum atomic E-state index is 11.3. The average molecular weight is 370 g/mol. The second kappa shape index (κ2) is 6.59. The molecule has 0 amide bonds. The van der Waals surface area contributed by atoms with Gasteiger partial charge in [0.15, 0.2) is 11.5 Å². The number of carboxylic acids is 1. The summed E-state index contributed by atoms with van der Waals surface area (Å²) >= 11 is 1.56. The number of hydrogen-bond donors (Lipinski definition) is 2. The number of benzene rings is 2. The second-order valence-corrected chi connectivity index (χ2v) is 7.33. The second-order valence-electron chi connectivity index (χ2n) is 6.30. The van der Waals surface area contributed by atoms with E-state index in [2.05, 4.69) is 4.98 Å². The Morgan fingerprint density at radius 3 is 2.92 bits per heavy atom. The fourth-order valence-corrected chi connectivity index (χ4v) is 4.08. The van der Waals surface area contributed by atoms with Gasteiger partial charge in [0, 0.05) is 24.2 Å². The topological polar surface area (TPSA) is 82.9 Å². The Kier molecular flexibility index (Phi) is 4.26. The quantitative estimate of drug-likeness (QED) is 0.736. The van der Waals surface area contributed by atoms with Gasteiger partial charge in [-0.2, -0.15) is 0 Å². The summed E-state index contributed by atoms with van der Waals surface area (Å²) in [7, 11) is 0. The number of aromatic hydroxyl groups is 1. The van der Waals surface area contributed by atoms with E-state index in [-0.39, 0.29) is 5.75 Å². The molecule has 1 aromatic heterocycles. The molecule has 134 valence electrons. The number of phenols is 1. The van der Waals surface area contributed by atoms with E-state index in [1.165, 1.54) is 0 Å². The molecule has 2 N–H and O–H groups in total. The molecular formula is C19H18N2O4S. The van der Waals surface area contributed by atoms with Crippen LogP contribution < -0.4 is 4.74 Å². The zero-order chi connectivity index (χ0) is 18.3. The molecule has 0 fully saturated rings. The van der Waals surface area contributed by atoms with E-state index in [1.807, 2.05) is 35.2 Å². The van der Waals surface area contributed by atoms with Crippen LogP contribution >= 0.6 is 11.3 Å². The van der Waals surface area contributed by atoms with Crippen LogP contribution in [-0.2, 0) is 11.3 Å². The molecule has 0 saturated heterocycles. The van der Waals surface area contributed by atoms with E-state index in [1.54, 1.807) is 24.3 Å². The lowest BCUT2D eigenvalue weighted by Crippen LogP contribution is -2.39. The Bertz CT molecular complexity index is 952. The molecular weight excluding hydrogens is 352 g/mol. The number of thiazole rings is 1. The first-order valence-corrected chi connectivity index (χ1v) is 9.16. The zero-order valence-corrected chi connectivity index (χ0v) is 15.0. The van der Waals surface area contributed by atoms with E-state index >= 15 is 0 Å². The number of rotatable bonds is 3. The Balaban J connectivity index is 1.75.